The Morgan fingerprint density at radius 2 is 2.35 bits per heavy atom. The van der Waals surface area contributed by atoms with Gasteiger partial charge >= 0.3 is 5.97 Å². The van der Waals surface area contributed by atoms with Crippen molar-refractivity contribution in [2.75, 3.05) is 18.0 Å². The molecular formula is C13H17N3O3S. The molecule has 1 aliphatic heterocycles. The molecule has 0 spiro atoms. The first-order valence-electron chi connectivity index (χ1n) is 6.84. The quantitative estimate of drug-likeness (QED) is 0.849. The molecule has 6 nitrogen and oxygen atoms in total. The van der Waals surface area contributed by atoms with Gasteiger partial charge in [0.15, 0.2) is 5.13 Å². The second kappa shape index (κ2) is 5.05. The molecular weight excluding hydrogens is 278 g/mol. The Labute approximate surface area is 120 Å². The van der Waals surface area contributed by atoms with Crippen LogP contribution in [0.4, 0.5) is 5.13 Å². The van der Waals surface area contributed by atoms with Gasteiger partial charge in [-0.25, -0.2) is 4.98 Å². The van der Waals surface area contributed by atoms with Gasteiger partial charge in [-0.3, -0.25) is 9.59 Å². The molecule has 1 aromatic heterocycles. The average molecular weight is 295 g/mol. The van der Waals surface area contributed by atoms with Gasteiger partial charge < -0.3 is 15.3 Å². The lowest BCUT2D eigenvalue weighted by atomic mass is 9.91. The molecule has 0 radical (unpaired) electrons. The van der Waals surface area contributed by atoms with Crippen molar-refractivity contribution in [3.05, 3.63) is 10.6 Å². The average Bonchev–Trinajstić information content (AvgIpc) is 2.84. The van der Waals surface area contributed by atoms with Crippen LogP contribution >= 0.6 is 11.3 Å². The molecule has 2 atom stereocenters. The SMILES string of the molecule is CC1C(=O)NCCN1c1nc2c(s1)CCCC2C(=O)O. The zero-order valence-electron chi connectivity index (χ0n) is 11.3. The standard InChI is InChI=1S/C13H17N3O3S/c1-7-11(17)14-5-6-16(7)13-15-10-8(12(18)19)3-2-4-9(10)20-13/h7-8H,2-6H2,1H3,(H,14,17)(H,18,19). The molecule has 1 aromatic rings. The summed E-state index contributed by atoms with van der Waals surface area (Å²) in [5, 5.41) is 12.9. The first-order chi connectivity index (χ1) is 9.58. The van der Waals surface area contributed by atoms with E-state index in [4.69, 9.17) is 0 Å². The third kappa shape index (κ3) is 2.15. The summed E-state index contributed by atoms with van der Waals surface area (Å²) >= 11 is 1.54. The highest BCUT2D eigenvalue weighted by Gasteiger charge is 2.33. The fraction of sp³-hybridized carbons (Fsp3) is 0.615. The number of anilines is 1. The second-order valence-electron chi connectivity index (χ2n) is 5.25. The number of carboxylic acid groups (broad SMARTS) is 1. The van der Waals surface area contributed by atoms with E-state index in [1.165, 1.54) is 0 Å². The number of rotatable bonds is 2. The van der Waals surface area contributed by atoms with E-state index in [2.05, 4.69) is 10.3 Å². The van der Waals surface area contributed by atoms with Crippen molar-refractivity contribution in [1.29, 1.82) is 0 Å². The molecule has 3 rings (SSSR count). The number of nitrogens with zero attached hydrogens (tertiary/aromatic N) is 2. The first kappa shape index (κ1) is 13.4. The third-order valence-corrected chi connectivity index (χ3v) is 5.15. The molecule has 0 aromatic carbocycles. The lowest BCUT2D eigenvalue weighted by Gasteiger charge is -2.32. The van der Waals surface area contributed by atoms with Crippen LogP contribution in [0.3, 0.4) is 0 Å². The van der Waals surface area contributed by atoms with E-state index in [1.807, 2.05) is 11.8 Å². The van der Waals surface area contributed by atoms with Crippen LogP contribution in [-0.4, -0.2) is 41.1 Å². The van der Waals surface area contributed by atoms with Crippen molar-refractivity contribution in [2.45, 2.75) is 38.1 Å². The summed E-state index contributed by atoms with van der Waals surface area (Å²) in [6.45, 7) is 3.18. The molecule has 2 N–H and O–H groups in total. The molecule has 108 valence electrons. The Bertz CT molecular complexity index is 557. The van der Waals surface area contributed by atoms with Gasteiger partial charge in [0.25, 0.3) is 0 Å². The van der Waals surface area contributed by atoms with Crippen molar-refractivity contribution in [1.82, 2.24) is 10.3 Å². The number of aliphatic carboxylic acids is 1. The fourth-order valence-electron chi connectivity index (χ4n) is 2.81. The lowest BCUT2D eigenvalue weighted by Crippen LogP contribution is -2.54. The highest BCUT2D eigenvalue weighted by atomic mass is 32.1. The lowest BCUT2D eigenvalue weighted by molar-refractivity contribution is -0.139. The number of hydrogen-bond donors (Lipinski definition) is 2. The Morgan fingerprint density at radius 3 is 3.10 bits per heavy atom. The van der Waals surface area contributed by atoms with Gasteiger partial charge in [0.05, 0.1) is 5.69 Å². The Morgan fingerprint density at radius 1 is 1.55 bits per heavy atom. The predicted molar refractivity (Wildman–Crippen MR) is 75.2 cm³/mol. The molecule has 7 heteroatoms. The van der Waals surface area contributed by atoms with Gasteiger partial charge in [0.2, 0.25) is 5.91 Å². The molecule has 0 bridgehead atoms. The highest BCUT2D eigenvalue weighted by molar-refractivity contribution is 7.15. The van der Waals surface area contributed by atoms with E-state index < -0.39 is 11.9 Å². The minimum Gasteiger partial charge on any atom is -0.481 e. The van der Waals surface area contributed by atoms with E-state index >= 15 is 0 Å². The number of aromatic nitrogens is 1. The maximum Gasteiger partial charge on any atom is 0.312 e. The van der Waals surface area contributed by atoms with Crippen LogP contribution in [0, 0.1) is 0 Å². The van der Waals surface area contributed by atoms with E-state index in [1.54, 1.807) is 11.3 Å². The first-order valence-corrected chi connectivity index (χ1v) is 7.66. The van der Waals surface area contributed by atoms with Crippen LogP contribution in [-0.2, 0) is 16.0 Å². The molecule has 0 saturated carbocycles. The molecule has 1 amide bonds. The number of nitrogens with one attached hydrogen (secondary N) is 1. The third-order valence-electron chi connectivity index (χ3n) is 3.99. The molecule has 2 unspecified atom stereocenters. The van der Waals surface area contributed by atoms with Crippen LogP contribution in [0.5, 0.6) is 0 Å². The van der Waals surface area contributed by atoms with Crippen molar-refractivity contribution in [3.8, 4) is 0 Å². The number of carbonyl (C=O) groups is 2. The summed E-state index contributed by atoms with van der Waals surface area (Å²) < 4.78 is 0. The normalized spacial score (nSPS) is 26.1. The van der Waals surface area contributed by atoms with E-state index in [-0.39, 0.29) is 11.9 Å². The Balaban J connectivity index is 1.92. The van der Waals surface area contributed by atoms with Crippen LogP contribution in [0.15, 0.2) is 0 Å². The van der Waals surface area contributed by atoms with Crippen LogP contribution in [0.1, 0.15) is 36.3 Å². The van der Waals surface area contributed by atoms with Gasteiger partial charge in [-0.15, -0.1) is 11.3 Å². The van der Waals surface area contributed by atoms with Crippen molar-refractivity contribution in [3.63, 3.8) is 0 Å². The molecule has 2 aliphatic rings. The zero-order valence-corrected chi connectivity index (χ0v) is 12.1. The van der Waals surface area contributed by atoms with Gasteiger partial charge in [0, 0.05) is 18.0 Å². The van der Waals surface area contributed by atoms with Crippen molar-refractivity contribution in [2.24, 2.45) is 0 Å². The van der Waals surface area contributed by atoms with Gasteiger partial charge in [-0.1, -0.05) is 0 Å². The number of carboxylic acids is 1. The summed E-state index contributed by atoms with van der Waals surface area (Å²) in [6, 6.07) is -0.250. The summed E-state index contributed by atoms with van der Waals surface area (Å²) in [7, 11) is 0. The summed E-state index contributed by atoms with van der Waals surface area (Å²) in [5.74, 6) is -1.29. The minimum absolute atomic E-state index is 0.000735. The molecule has 2 heterocycles. The zero-order chi connectivity index (χ0) is 14.3. The predicted octanol–water partition coefficient (Wildman–Crippen LogP) is 0.972. The number of hydrogen-bond acceptors (Lipinski definition) is 5. The monoisotopic (exact) mass is 295 g/mol. The Hall–Kier alpha value is -1.63. The molecule has 1 fully saturated rings. The maximum atomic E-state index is 11.7. The van der Waals surface area contributed by atoms with E-state index in [9.17, 15) is 14.7 Å². The molecule has 20 heavy (non-hydrogen) atoms. The smallest absolute Gasteiger partial charge is 0.312 e. The summed E-state index contributed by atoms with van der Waals surface area (Å²) in [6.07, 6.45) is 2.44. The van der Waals surface area contributed by atoms with E-state index in [0.717, 1.165) is 29.4 Å². The van der Waals surface area contributed by atoms with Gasteiger partial charge in [-0.2, -0.15) is 0 Å². The highest BCUT2D eigenvalue weighted by Crippen LogP contribution is 2.38. The molecule has 1 aliphatic carbocycles. The summed E-state index contributed by atoms with van der Waals surface area (Å²) in [5.41, 5.74) is 0.710. The van der Waals surface area contributed by atoms with Crippen molar-refractivity contribution >= 4 is 28.3 Å². The Kier molecular flexibility index (Phi) is 3.37. The number of piperazine rings is 1. The largest absolute Gasteiger partial charge is 0.481 e. The van der Waals surface area contributed by atoms with Gasteiger partial charge in [-0.05, 0) is 26.2 Å². The summed E-state index contributed by atoms with van der Waals surface area (Å²) in [4.78, 5) is 30.6. The minimum atomic E-state index is -0.799. The van der Waals surface area contributed by atoms with Crippen molar-refractivity contribution < 1.29 is 14.7 Å². The maximum absolute atomic E-state index is 11.7. The number of aryl methyl sites for hydroxylation is 1. The van der Waals surface area contributed by atoms with Gasteiger partial charge in [0.1, 0.15) is 12.0 Å². The number of amides is 1. The van der Waals surface area contributed by atoms with Crippen LogP contribution in [0.25, 0.3) is 0 Å². The van der Waals surface area contributed by atoms with Crippen LogP contribution in [0.2, 0.25) is 0 Å². The topological polar surface area (TPSA) is 82.5 Å². The fourth-order valence-corrected chi connectivity index (χ4v) is 4.08. The van der Waals surface area contributed by atoms with E-state index in [0.29, 0.717) is 18.7 Å². The number of fused-ring (bicyclic) bond motifs is 1. The second-order valence-corrected chi connectivity index (χ2v) is 6.31. The molecule has 1 saturated heterocycles. The van der Waals surface area contributed by atoms with Crippen LogP contribution < -0.4 is 10.2 Å². The number of thiazole rings is 1. The number of carbonyl (C=O) groups excluding carboxylic acids is 1.